The van der Waals surface area contributed by atoms with Gasteiger partial charge in [-0.15, -0.1) is 5.10 Å². The van der Waals surface area contributed by atoms with Crippen molar-refractivity contribution in [1.29, 1.82) is 0 Å². The molecule has 2 N–H and O–H groups in total. The number of hydrazone groups is 1. The summed E-state index contributed by atoms with van der Waals surface area (Å²) in [4.78, 5) is 4.35. The molecule has 1 aromatic carbocycles. The number of aromatic nitrogens is 2. The van der Waals surface area contributed by atoms with Crippen LogP contribution in [0.15, 0.2) is 46.8 Å². The Bertz CT molecular complexity index is 792. The topological polar surface area (TPSA) is 71.8 Å². The Kier molecular flexibility index (Phi) is 3.92. The standard InChI is InChI=1S/C16H17FN6/c1-3-6-22(19-2)13-7-11-10-23(21-16(11)20-9-13)15-8-12(18)4-5-14(15)17/h3-6,8-10,13H,2,7,18H2,1H3/b6-3-. The monoisotopic (exact) mass is 312 g/mol. The molecule has 1 atom stereocenters. The second-order valence-corrected chi connectivity index (χ2v) is 5.19. The number of nitrogen functional groups attached to an aromatic ring is 1. The largest absolute Gasteiger partial charge is 0.399 e. The van der Waals surface area contributed by atoms with Crippen LogP contribution < -0.4 is 5.73 Å². The Morgan fingerprint density at radius 3 is 3.09 bits per heavy atom. The maximum atomic E-state index is 14.0. The zero-order valence-corrected chi connectivity index (χ0v) is 12.7. The molecule has 1 aliphatic rings. The first-order chi connectivity index (χ1) is 11.1. The first-order valence-corrected chi connectivity index (χ1v) is 7.18. The van der Waals surface area contributed by atoms with E-state index in [2.05, 4.69) is 21.9 Å². The number of hydrogen-bond acceptors (Lipinski definition) is 5. The first kappa shape index (κ1) is 15.0. The van der Waals surface area contributed by atoms with Gasteiger partial charge in [-0.25, -0.2) is 14.1 Å². The molecule has 6 nitrogen and oxygen atoms in total. The summed E-state index contributed by atoms with van der Waals surface area (Å²) in [5.41, 5.74) is 7.43. The minimum absolute atomic E-state index is 0.0421. The fraction of sp³-hybridized carbons (Fsp3) is 0.188. The number of fused-ring (bicyclic) bond motifs is 1. The molecule has 1 aliphatic heterocycles. The van der Waals surface area contributed by atoms with Crippen LogP contribution in [0.2, 0.25) is 0 Å². The summed E-state index contributed by atoms with van der Waals surface area (Å²) in [6, 6.07) is 4.35. The van der Waals surface area contributed by atoms with E-state index in [9.17, 15) is 4.39 Å². The van der Waals surface area contributed by atoms with E-state index in [1.807, 2.05) is 19.2 Å². The van der Waals surface area contributed by atoms with Gasteiger partial charge in [-0.05, 0) is 25.1 Å². The van der Waals surface area contributed by atoms with Gasteiger partial charge in [0.05, 0.1) is 6.04 Å². The van der Waals surface area contributed by atoms with Crippen LogP contribution >= 0.6 is 0 Å². The highest BCUT2D eigenvalue weighted by Crippen LogP contribution is 2.27. The molecule has 118 valence electrons. The van der Waals surface area contributed by atoms with Crippen molar-refractivity contribution in [2.24, 2.45) is 10.1 Å². The van der Waals surface area contributed by atoms with E-state index in [1.54, 1.807) is 23.5 Å². The van der Waals surface area contributed by atoms with Crippen molar-refractivity contribution < 1.29 is 4.39 Å². The van der Waals surface area contributed by atoms with Gasteiger partial charge in [0.2, 0.25) is 0 Å². The second-order valence-electron chi connectivity index (χ2n) is 5.19. The lowest BCUT2D eigenvalue weighted by Gasteiger charge is -2.23. The first-order valence-electron chi connectivity index (χ1n) is 7.18. The molecule has 0 aliphatic carbocycles. The van der Waals surface area contributed by atoms with Crippen LogP contribution in [0, 0.1) is 5.82 Å². The minimum Gasteiger partial charge on any atom is -0.399 e. The normalized spacial score (nSPS) is 16.5. The lowest BCUT2D eigenvalue weighted by Crippen LogP contribution is -2.31. The van der Waals surface area contributed by atoms with Crippen LogP contribution in [0.5, 0.6) is 0 Å². The Balaban J connectivity index is 1.92. The Morgan fingerprint density at radius 1 is 1.52 bits per heavy atom. The highest BCUT2D eigenvalue weighted by Gasteiger charge is 2.22. The second kappa shape index (κ2) is 6.04. The van der Waals surface area contributed by atoms with Gasteiger partial charge >= 0.3 is 0 Å². The van der Waals surface area contributed by atoms with E-state index in [0.717, 1.165) is 5.56 Å². The third-order valence-corrected chi connectivity index (χ3v) is 3.59. The third kappa shape index (κ3) is 2.85. The Hall–Kier alpha value is -2.96. The predicted octanol–water partition coefficient (Wildman–Crippen LogP) is 2.67. The molecule has 7 heteroatoms. The average Bonchev–Trinajstić information content (AvgIpc) is 2.97. The van der Waals surface area contributed by atoms with Crippen molar-refractivity contribution in [2.45, 2.75) is 19.4 Å². The Morgan fingerprint density at radius 2 is 2.35 bits per heavy atom. The lowest BCUT2D eigenvalue weighted by molar-refractivity contribution is 0.357. The van der Waals surface area contributed by atoms with Crippen LogP contribution in [0.3, 0.4) is 0 Å². The van der Waals surface area contributed by atoms with E-state index in [4.69, 9.17) is 5.73 Å². The van der Waals surface area contributed by atoms with Gasteiger partial charge in [0.25, 0.3) is 0 Å². The fourth-order valence-corrected chi connectivity index (χ4v) is 2.49. The number of anilines is 1. The quantitative estimate of drug-likeness (QED) is 0.536. The molecule has 0 fully saturated rings. The molecule has 0 saturated carbocycles. The minimum atomic E-state index is -0.386. The predicted molar refractivity (Wildman–Crippen MR) is 89.8 cm³/mol. The number of hydrogen-bond donors (Lipinski definition) is 1. The van der Waals surface area contributed by atoms with Gasteiger partial charge in [-0.3, -0.25) is 5.01 Å². The summed E-state index contributed by atoms with van der Waals surface area (Å²) in [7, 11) is 0. The van der Waals surface area contributed by atoms with Gasteiger partial charge in [0.1, 0.15) is 11.5 Å². The molecule has 1 aromatic heterocycles. The van der Waals surface area contributed by atoms with Crippen LogP contribution in [-0.2, 0) is 6.42 Å². The van der Waals surface area contributed by atoms with E-state index in [1.165, 1.54) is 16.8 Å². The van der Waals surface area contributed by atoms with Crippen LogP contribution in [0.25, 0.3) is 5.69 Å². The van der Waals surface area contributed by atoms with E-state index in [0.29, 0.717) is 23.6 Å². The lowest BCUT2D eigenvalue weighted by atomic mass is 10.1. The third-order valence-electron chi connectivity index (χ3n) is 3.59. The summed E-state index contributed by atoms with van der Waals surface area (Å²) in [5, 5.41) is 10.0. The number of halogens is 1. The summed E-state index contributed by atoms with van der Waals surface area (Å²) in [6.07, 6.45) is 7.91. The molecule has 3 rings (SSSR count). The number of nitrogens with two attached hydrogens (primary N) is 1. The molecule has 0 amide bonds. The molecule has 0 bridgehead atoms. The van der Waals surface area contributed by atoms with Crippen molar-refractivity contribution >= 4 is 24.4 Å². The van der Waals surface area contributed by atoms with Crippen molar-refractivity contribution in [2.75, 3.05) is 5.73 Å². The fourth-order valence-electron chi connectivity index (χ4n) is 2.49. The number of nitrogens with zero attached hydrogens (tertiary/aromatic N) is 5. The molecule has 0 spiro atoms. The molecule has 2 aromatic rings. The summed E-state index contributed by atoms with van der Waals surface area (Å²) in [6.45, 7) is 5.47. The van der Waals surface area contributed by atoms with Crippen molar-refractivity contribution in [1.82, 2.24) is 14.8 Å². The van der Waals surface area contributed by atoms with Gasteiger partial charge < -0.3 is 5.73 Å². The maximum Gasteiger partial charge on any atom is 0.177 e. The summed E-state index contributed by atoms with van der Waals surface area (Å²) in [5.74, 6) is 0.190. The van der Waals surface area contributed by atoms with Crippen molar-refractivity contribution in [3.05, 3.63) is 48.1 Å². The summed E-state index contributed by atoms with van der Waals surface area (Å²) < 4.78 is 15.5. The molecule has 23 heavy (non-hydrogen) atoms. The Labute approximate surface area is 133 Å². The highest BCUT2D eigenvalue weighted by atomic mass is 19.1. The molecular formula is C16H17FN6. The summed E-state index contributed by atoms with van der Waals surface area (Å²) >= 11 is 0. The highest BCUT2D eigenvalue weighted by molar-refractivity contribution is 5.72. The van der Waals surface area contributed by atoms with Crippen LogP contribution in [0.4, 0.5) is 15.9 Å². The molecular weight excluding hydrogens is 295 g/mol. The number of rotatable bonds is 4. The van der Waals surface area contributed by atoms with Gasteiger partial charge in [-0.1, -0.05) is 6.08 Å². The molecule has 1 unspecified atom stereocenters. The zero-order valence-electron chi connectivity index (χ0n) is 12.7. The van der Waals surface area contributed by atoms with Crippen molar-refractivity contribution in [3.8, 4) is 5.69 Å². The van der Waals surface area contributed by atoms with Crippen molar-refractivity contribution in [3.63, 3.8) is 0 Å². The van der Waals surface area contributed by atoms with Gasteiger partial charge in [-0.2, -0.15) is 5.10 Å². The SMILES string of the molecule is C=NN(/C=C\C)C1C=Nc2nn(-c3cc(N)ccc3F)cc2C1. The molecule has 2 heterocycles. The van der Waals surface area contributed by atoms with E-state index in [-0.39, 0.29) is 11.9 Å². The van der Waals surface area contributed by atoms with Gasteiger partial charge in [0, 0.05) is 43.0 Å². The van der Waals surface area contributed by atoms with E-state index >= 15 is 0 Å². The molecule has 0 saturated heterocycles. The number of allylic oxidation sites excluding steroid dienone is 1. The smallest absolute Gasteiger partial charge is 0.177 e. The van der Waals surface area contributed by atoms with Crippen LogP contribution in [0.1, 0.15) is 12.5 Å². The van der Waals surface area contributed by atoms with Gasteiger partial charge in [0.15, 0.2) is 5.82 Å². The molecule has 0 radical (unpaired) electrons. The average molecular weight is 312 g/mol. The van der Waals surface area contributed by atoms with E-state index < -0.39 is 0 Å². The number of benzene rings is 1. The van der Waals surface area contributed by atoms with Crippen LogP contribution in [-0.4, -0.2) is 33.8 Å². The number of aliphatic imine (C=N–C) groups is 1. The zero-order chi connectivity index (χ0) is 16.4. The maximum absolute atomic E-state index is 14.0.